The first-order valence-corrected chi connectivity index (χ1v) is 9.78. The van der Waals surface area contributed by atoms with E-state index in [-0.39, 0.29) is 5.75 Å². The quantitative estimate of drug-likeness (QED) is 0.419. The van der Waals surface area contributed by atoms with Crippen molar-refractivity contribution in [2.45, 2.75) is 19.6 Å². The van der Waals surface area contributed by atoms with Crippen molar-refractivity contribution in [2.75, 3.05) is 11.6 Å². The lowest BCUT2D eigenvalue weighted by Crippen LogP contribution is -2.19. The normalized spacial score (nSPS) is 17.5. The molecule has 0 radical (unpaired) electrons. The molecule has 0 aromatic carbocycles. The predicted molar refractivity (Wildman–Crippen MR) is 55.4 cm³/mol. The molecular weight excluding hydrogens is 221 g/mol. The van der Waals surface area contributed by atoms with Gasteiger partial charge in [-0.05, 0) is 30.3 Å². The van der Waals surface area contributed by atoms with Crippen LogP contribution in [0.2, 0.25) is 19.6 Å². The first kappa shape index (κ1) is 11.7. The Labute approximate surface area is 79.0 Å². The predicted octanol–water partition coefficient (Wildman–Crippen LogP) is 2.68. The van der Waals surface area contributed by atoms with Gasteiger partial charge in [-0.15, -0.1) is 11.6 Å². The molecule has 0 bridgehead atoms. The van der Waals surface area contributed by atoms with Crippen LogP contribution in [0.5, 0.6) is 0 Å². The third-order valence-corrected chi connectivity index (χ3v) is 6.23. The van der Waals surface area contributed by atoms with Gasteiger partial charge < -0.3 is 0 Å². The van der Waals surface area contributed by atoms with Crippen LogP contribution in [0.3, 0.4) is 0 Å². The summed E-state index contributed by atoms with van der Waals surface area (Å²) >= 11 is 5.41. The van der Waals surface area contributed by atoms with Gasteiger partial charge in [0.05, 0.1) is 5.75 Å². The van der Waals surface area contributed by atoms with Crippen molar-refractivity contribution >= 4 is 39.5 Å². The Morgan fingerprint density at radius 1 is 1.45 bits per heavy atom. The van der Waals surface area contributed by atoms with Crippen molar-refractivity contribution in [1.82, 2.24) is 0 Å². The topological polar surface area (TPSA) is 29.4 Å². The highest BCUT2D eigenvalue weighted by Gasteiger charge is 2.15. The lowest BCUT2D eigenvalue weighted by molar-refractivity contribution is 0.687. The van der Waals surface area contributed by atoms with Crippen LogP contribution in [-0.4, -0.2) is 24.1 Å². The molecule has 0 aliphatic rings. The number of rotatable bonds is 3. The van der Waals surface area contributed by atoms with E-state index in [1.165, 1.54) is 0 Å². The molecule has 6 heteroatoms. The molecule has 0 N–H and O–H groups in total. The van der Waals surface area contributed by atoms with Crippen LogP contribution in [-0.2, 0) is 8.94 Å². The van der Waals surface area contributed by atoms with Crippen molar-refractivity contribution in [3.8, 4) is 0 Å². The standard InChI is InChI=1S/C5H13Cl2NOSSi/c1-11(2,3)8-10(7,9)5-4-6/h4-5H2,1-3H3. The lowest BCUT2D eigenvalue weighted by atomic mass is 11.0. The smallest absolute Gasteiger partial charge is 0.186 e. The molecule has 0 amide bonds. The van der Waals surface area contributed by atoms with E-state index in [2.05, 4.69) is 4.03 Å². The molecule has 0 aromatic heterocycles. The zero-order chi connectivity index (χ0) is 9.12. The van der Waals surface area contributed by atoms with E-state index in [9.17, 15) is 4.21 Å². The Hall–Kier alpha value is 0.747. The minimum Gasteiger partial charge on any atom is -0.266 e. The Kier molecular flexibility index (Phi) is 4.40. The minimum atomic E-state index is -2.51. The maximum atomic E-state index is 11.4. The van der Waals surface area contributed by atoms with Crippen molar-refractivity contribution in [3.63, 3.8) is 0 Å². The van der Waals surface area contributed by atoms with Crippen LogP contribution < -0.4 is 0 Å². The van der Waals surface area contributed by atoms with Gasteiger partial charge in [-0.3, -0.25) is 4.03 Å². The van der Waals surface area contributed by atoms with E-state index in [4.69, 9.17) is 22.3 Å². The molecule has 0 spiro atoms. The van der Waals surface area contributed by atoms with Gasteiger partial charge >= 0.3 is 0 Å². The van der Waals surface area contributed by atoms with Gasteiger partial charge in [-0.1, -0.05) is 0 Å². The average Bonchev–Trinajstić information content (AvgIpc) is 1.55. The van der Waals surface area contributed by atoms with E-state index in [1.54, 1.807) is 0 Å². The summed E-state index contributed by atoms with van der Waals surface area (Å²) in [4.78, 5) is 0. The molecule has 0 heterocycles. The molecule has 0 aliphatic heterocycles. The first-order chi connectivity index (χ1) is 4.77. The summed E-state index contributed by atoms with van der Waals surface area (Å²) in [6.07, 6.45) is 0. The molecule has 1 atom stereocenters. The van der Waals surface area contributed by atoms with Gasteiger partial charge in [0.1, 0.15) is 8.94 Å². The molecule has 0 aliphatic carbocycles. The minimum absolute atomic E-state index is 0.278. The third-order valence-electron chi connectivity index (χ3n) is 0.739. The molecule has 11 heavy (non-hydrogen) atoms. The van der Waals surface area contributed by atoms with Crippen molar-refractivity contribution in [3.05, 3.63) is 0 Å². The molecule has 0 saturated carbocycles. The highest BCUT2D eigenvalue weighted by Crippen LogP contribution is 2.11. The number of hydrogen-bond acceptors (Lipinski definition) is 2. The van der Waals surface area contributed by atoms with Crippen LogP contribution in [0.25, 0.3) is 0 Å². The van der Waals surface area contributed by atoms with E-state index < -0.39 is 17.2 Å². The monoisotopic (exact) mass is 233 g/mol. The molecule has 2 nitrogen and oxygen atoms in total. The van der Waals surface area contributed by atoms with Crippen molar-refractivity contribution in [2.24, 2.45) is 4.03 Å². The second-order valence-electron chi connectivity index (χ2n) is 3.22. The van der Waals surface area contributed by atoms with Crippen LogP contribution in [0.15, 0.2) is 4.03 Å². The Morgan fingerprint density at radius 3 is 2.18 bits per heavy atom. The zero-order valence-electron chi connectivity index (χ0n) is 6.93. The molecule has 1 unspecified atom stereocenters. The summed E-state index contributed by atoms with van der Waals surface area (Å²) in [6, 6.07) is 0. The molecule has 0 saturated heterocycles. The fourth-order valence-electron chi connectivity index (χ4n) is 0.550. The highest BCUT2D eigenvalue weighted by molar-refractivity contribution is 8.16. The van der Waals surface area contributed by atoms with Gasteiger partial charge in [-0.2, -0.15) is 0 Å². The second kappa shape index (κ2) is 4.12. The second-order valence-corrected chi connectivity index (χ2v) is 11.6. The van der Waals surface area contributed by atoms with E-state index in [0.29, 0.717) is 5.88 Å². The average molecular weight is 234 g/mol. The third kappa shape index (κ3) is 7.12. The van der Waals surface area contributed by atoms with Gasteiger partial charge in [0.15, 0.2) is 8.24 Å². The number of halogens is 2. The summed E-state index contributed by atoms with van der Waals surface area (Å²) in [6.45, 7) is 5.97. The van der Waals surface area contributed by atoms with Crippen LogP contribution in [0, 0.1) is 0 Å². The van der Waals surface area contributed by atoms with Gasteiger partial charge in [0, 0.05) is 5.88 Å². The number of alkyl halides is 1. The Morgan fingerprint density at radius 2 is 1.91 bits per heavy atom. The van der Waals surface area contributed by atoms with E-state index in [1.807, 2.05) is 19.6 Å². The van der Waals surface area contributed by atoms with E-state index in [0.717, 1.165) is 0 Å². The zero-order valence-corrected chi connectivity index (χ0v) is 10.3. The summed E-state index contributed by atoms with van der Waals surface area (Å²) in [5.41, 5.74) is 0. The Balaban J connectivity index is 4.54. The van der Waals surface area contributed by atoms with Gasteiger partial charge in [0.25, 0.3) is 0 Å². The summed E-state index contributed by atoms with van der Waals surface area (Å²) < 4.78 is 15.4. The maximum Gasteiger partial charge on any atom is 0.186 e. The Bertz CT molecular complexity index is 229. The van der Waals surface area contributed by atoms with Crippen molar-refractivity contribution < 1.29 is 4.21 Å². The fourth-order valence-corrected chi connectivity index (χ4v) is 7.34. The largest absolute Gasteiger partial charge is 0.266 e. The number of hydrogen-bond donors (Lipinski definition) is 0. The molecular formula is C5H13Cl2NOSSi. The van der Waals surface area contributed by atoms with Gasteiger partial charge in [-0.25, -0.2) is 4.21 Å². The highest BCUT2D eigenvalue weighted by atomic mass is 35.7. The summed E-state index contributed by atoms with van der Waals surface area (Å²) in [5.74, 6) is 0.580. The SMILES string of the molecule is C[Si](C)(C)N=S(=O)(Cl)CCCl. The molecule has 0 fully saturated rings. The molecule has 68 valence electrons. The van der Waals surface area contributed by atoms with Crippen molar-refractivity contribution in [1.29, 1.82) is 0 Å². The fraction of sp³-hybridized carbons (Fsp3) is 1.00. The maximum absolute atomic E-state index is 11.4. The van der Waals surface area contributed by atoms with Crippen LogP contribution >= 0.6 is 22.3 Å². The number of nitrogens with zero attached hydrogens (tertiary/aromatic N) is 1. The summed E-state index contributed by atoms with van der Waals surface area (Å²) in [7, 11) is 1.45. The summed E-state index contributed by atoms with van der Waals surface area (Å²) in [5, 5.41) is 0. The lowest BCUT2D eigenvalue weighted by Gasteiger charge is -2.09. The van der Waals surface area contributed by atoms with Gasteiger partial charge in [0.2, 0.25) is 0 Å². The van der Waals surface area contributed by atoms with Crippen LogP contribution in [0.4, 0.5) is 0 Å². The molecule has 0 rings (SSSR count). The first-order valence-electron chi connectivity index (χ1n) is 3.28. The van der Waals surface area contributed by atoms with E-state index >= 15 is 0 Å². The van der Waals surface area contributed by atoms with Crippen LogP contribution in [0.1, 0.15) is 0 Å². The molecule has 0 aromatic rings.